The summed E-state index contributed by atoms with van der Waals surface area (Å²) in [4.78, 5) is 13.0. The van der Waals surface area contributed by atoms with Gasteiger partial charge in [0.15, 0.2) is 0 Å². The van der Waals surface area contributed by atoms with Gasteiger partial charge in [0.2, 0.25) is 0 Å². The molecule has 0 aliphatic heterocycles. The third-order valence-corrected chi connectivity index (χ3v) is 3.18. The van der Waals surface area contributed by atoms with E-state index >= 15 is 0 Å². The highest BCUT2D eigenvalue weighted by molar-refractivity contribution is 5.89. The van der Waals surface area contributed by atoms with Crippen molar-refractivity contribution in [3.8, 4) is 0 Å². The van der Waals surface area contributed by atoms with Crippen molar-refractivity contribution in [2.24, 2.45) is 0 Å². The van der Waals surface area contributed by atoms with Gasteiger partial charge >= 0.3 is 5.97 Å². The topological polar surface area (TPSA) is 40.5 Å². The van der Waals surface area contributed by atoms with Crippen LogP contribution in [0, 0.1) is 12.7 Å². The number of anilines is 1. The zero-order chi connectivity index (χ0) is 14.7. The van der Waals surface area contributed by atoms with Crippen LogP contribution in [0.4, 0.5) is 10.1 Å². The molecule has 0 amide bonds. The van der Waals surface area contributed by atoms with Crippen molar-refractivity contribution >= 4 is 11.7 Å². The Balaban J connectivity index is 2.27. The van der Waals surface area contributed by atoms with Crippen LogP contribution >= 0.6 is 0 Å². The first-order valence-electron chi connectivity index (χ1n) is 6.27. The SMILES string of the molecule is Cc1ccc(N(C)Cc2cc(F)ccc2C(=O)O)cc1. The molecule has 0 aromatic heterocycles. The van der Waals surface area contributed by atoms with Gasteiger partial charge in [-0.25, -0.2) is 9.18 Å². The van der Waals surface area contributed by atoms with Crippen LogP contribution in [-0.2, 0) is 6.54 Å². The van der Waals surface area contributed by atoms with Crippen molar-refractivity contribution in [3.05, 3.63) is 65.0 Å². The summed E-state index contributed by atoms with van der Waals surface area (Å²) in [6.07, 6.45) is 0. The monoisotopic (exact) mass is 273 g/mol. The molecule has 104 valence electrons. The van der Waals surface area contributed by atoms with Gasteiger partial charge in [-0.3, -0.25) is 0 Å². The van der Waals surface area contributed by atoms with Crippen molar-refractivity contribution in [1.82, 2.24) is 0 Å². The van der Waals surface area contributed by atoms with E-state index in [-0.39, 0.29) is 5.56 Å². The van der Waals surface area contributed by atoms with Crippen LogP contribution in [0.2, 0.25) is 0 Å². The highest BCUT2D eigenvalue weighted by Crippen LogP contribution is 2.19. The van der Waals surface area contributed by atoms with Crippen LogP contribution < -0.4 is 4.90 Å². The number of carboxylic acid groups (broad SMARTS) is 1. The van der Waals surface area contributed by atoms with Crippen LogP contribution in [0.25, 0.3) is 0 Å². The minimum atomic E-state index is -1.04. The molecule has 20 heavy (non-hydrogen) atoms. The quantitative estimate of drug-likeness (QED) is 0.927. The molecule has 0 unspecified atom stereocenters. The van der Waals surface area contributed by atoms with Crippen molar-refractivity contribution in [2.45, 2.75) is 13.5 Å². The van der Waals surface area contributed by atoms with Gasteiger partial charge in [0.25, 0.3) is 0 Å². The van der Waals surface area contributed by atoms with Gasteiger partial charge in [-0.1, -0.05) is 17.7 Å². The first-order valence-corrected chi connectivity index (χ1v) is 6.27. The lowest BCUT2D eigenvalue weighted by Gasteiger charge is -2.20. The largest absolute Gasteiger partial charge is 0.478 e. The van der Waals surface area contributed by atoms with E-state index in [0.29, 0.717) is 12.1 Å². The second-order valence-electron chi connectivity index (χ2n) is 4.80. The molecule has 2 aromatic rings. The van der Waals surface area contributed by atoms with Gasteiger partial charge in [0.1, 0.15) is 5.82 Å². The van der Waals surface area contributed by atoms with Crippen LogP contribution in [0.15, 0.2) is 42.5 Å². The molecule has 0 heterocycles. The molecule has 1 N–H and O–H groups in total. The molecule has 0 aliphatic rings. The Labute approximate surface area is 117 Å². The molecule has 0 saturated heterocycles. The van der Waals surface area contributed by atoms with Crippen molar-refractivity contribution in [2.75, 3.05) is 11.9 Å². The lowest BCUT2D eigenvalue weighted by molar-refractivity contribution is 0.0695. The number of aromatic carboxylic acids is 1. The number of benzene rings is 2. The average Bonchev–Trinajstić information content (AvgIpc) is 2.39. The Morgan fingerprint density at radius 1 is 1.20 bits per heavy atom. The maximum atomic E-state index is 13.3. The maximum absolute atomic E-state index is 13.3. The van der Waals surface area contributed by atoms with Gasteiger partial charge in [-0.2, -0.15) is 0 Å². The Kier molecular flexibility index (Phi) is 4.03. The fraction of sp³-hybridized carbons (Fsp3) is 0.188. The van der Waals surface area contributed by atoms with Crippen LogP contribution in [0.1, 0.15) is 21.5 Å². The Bertz CT molecular complexity index is 623. The lowest BCUT2D eigenvalue weighted by atomic mass is 10.1. The van der Waals surface area contributed by atoms with Gasteiger partial charge in [-0.05, 0) is 42.8 Å². The normalized spacial score (nSPS) is 10.3. The molecule has 0 saturated carbocycles. The summed E-state index contributed by atoms with van der Waals surface area (Å²) >= 11 is 0. The predicted molar refractivity (Wildman–Crippen MR) is 76.6 cm³/mol. The van der Waals surface area contributed by atoms with E-state index in [2.05, 4.69) is 0 Å². The lowest BCUT2D eigenvalue weighted by Crippen LogP contribution is -2.18. The number of aryl methyl sites for hydroxylation is 1. The molecule has 2 rings (SSSR count). The van der Waals surface area contributed by atoms with E-state index < -0.39 is 11.8 Å². The molecule has 4 heteroatoms. The van der Waals surface area contributed by atoms with E-state index in [4.69, 9.17) is 5.11 Å². The van der Waals surface area contributed by atoms with Crippen LogP contribution in [-0.4, -0.2) is 18.1 Å². The highest BCUT2D eigenvalue weighted by Gasteiger charge is 2.13. The minimum Gasteiger partial charge on any atom is -0.478 e. The number of halogens is 1. The number of hydrogen-bond acceptors (Lipinski definition) is 2. The second kappa shape index (κ2) is 5.74. The van der Waals surface area contributed by atoms with Gasteiger partial charge in [0.05, 0.1) is 5.56 Å². The summed E-state index contributed by atoms with van der Waals surface area (Å²) in [6.45, 7) is 2.33. The third-order valence-electron chi connectivity index (χ3n) is 3.18. The Morgan fingerprint density at radius 3 is 2.45 bits per heavy atom. The van der Waals surface area contributed by atoms with Crippen LogP contribution in [0.3, 0.4) is 0 Å². The number of hydrogen-bond donors (Lipinski definition) is 1. The molecular formula is C16H16FNO2. The zero-order valence-corrected chi connectivity index (χ0v) is 11.4. The molecule has 0 atom stereocenters. The fourth-order valence-corrected chi connectivity index (χ4v) is 2.05. The van der Waals surface area contributed by atoms with E-state index in [1.165, 1.54) is 18.2 Å². The summed E-state index contributed by atoms with van der Waals surface area (Å²) in [5.41, 5.74) is 2.70. The smallest absolute Gasteiger partial charge is 0.336 e. The molecule has 0 aliphatic carbocycles. The molecule has 0 bridgehead atoms. The fourth-order valence-electron chi connectivity index (χ4n) is 2.05. The zero-order valence-electron chi connectivity index (χ0n) is 11.4. The van der Waals surface area contributed by atoms with Crippen LogP contribution in [0.5, 0.6) is 0 Å². The molecule has 0 fully saturated rings. The van der Waals surface area contributed by atoms with E-state index in [9.17, 15) is 9.18 Å². The first kappa shape index (κ1) is 14.1. The maximum Gasteiger partial charge on any atom is 0.336 e. The molecule has 3 nitrogen and oxygen atoms in total. The summed E-state index contributed by atoms with van der Waals surface area (Å²) in [7, 11) is 1.85. The van der Waals surface area contributed by atoms with E-state index in [0.717, 1.165) is 11.3 Å². The van der Waals surface area contributed by atoms with Crippen molar-refractivity contribution < 1.29 is 14.3 Å². The summed E-state index contributed by atoms with van der Waals surface area (Å²) in [6, 6.07) is 11.6. The van der Waals surface area contributed by atoms with Gasteiger partial charge in [-0.15, -0.1) is 0 Å². The van der Waals surface area contributed by atoms with Gasteiger partial charge < -0.3 is 10.0 Å². The number of nitrogens with zero attached hydrogens (tertiary/aromatic N) is 1. The number of rotatable bonds is 4. The highest BCUT2D eigenvalue weighted by atomic mass is 19.1. The second-order valence-corrected chi connectivity index (χ2v) is 4.80. The first-order chi connectivity index (χ1) is 9.47. The molecule has 0 radical (unpaired) electrons. The summed E-state index contributed by atoms with van der Waals surface area (Å²) in [5.74, 6) is -1.47. The minimum absolute atomic E-state index is 0.130. The van der Waals surface area contributed by atoms with E-state index in [1.54, 1.807) is 0 Å². The number of carbonyl (C=O) groups is 1. The molecule has 0 spiro atoms. The number of carboxylic acids is 1. The predicted octanol–water partition coefficient (Wildman–Crippen LogP) is 3.47. The van der Waals surface area contributed by atoms with Crippen molar-refractivity contribution in [1.29, 1.82) is 0 Å². The Hall–Kier alpha value is -2.36. The van der Waals surface area contributed by atoms with E-state index in [1.807, 2.05) is 43.1 Å². The average molecular weight is 273 g/mol. The van der Waals surface area contributed by atoms with Gasteiger partial charge in [0, 0.05) is 19.3 Å². The van der Waals surface area contributed by atoms with Crippen molar-refractivity contribution in [3.63, 3.8) is 0 Å². The third kappa shape index (κ3) is 3.15. The molecular weight excluding hydrogens is 257 g/mol. The standard InChI is InChI=1S/C16H16FNO2/c1-11-3-6-14(7-4-11)18(2)10-12-9-13(17)5-8-15(12)16(19)20/h3-9H,10H2,1-2H3,(H,19,20). The molecule has 2 aromatic carbocycles. The summed E-state index contributed by atoms with van der Waals surface area (Å²) in [5, 5.41) is 9.14. The summed E-state index contributed by atoms with van der Waals surface area (Å²) < 4.78 is 13.3. The Morgan fingerprint density at radius 2 is 1.85 bits per heavy atom.